The normalized spacial score (nSPS) is 32.3. The van der Waals surface area contributed by atoms with Gasteiger partial charge in [0.2, 0.25) is 11.8 Å². The van der Waals surface area contributed by atoms with Gasteiger partial charge in [0.15, 0.2) is 0 Å². The molecule has 5 nitrogen and oxygen atoms in total. The number of hydrogen-bond donors (Lipinski definition) is 1. The summed E-state index contributed by atoms with van der Waals surface area (Å²) in [5, 5.41) is 3.84. The van der Waals surface area contributed by atoms with E-state index < -0.39 is 0 Å². The summed E-state index contributed by atoms with van der Waals surface area (Å²) < 4.78 is 5.62. The fraction of sp³-hybridized carbons (Fsp3) is 0.667. The van der Waals surface area contributed by atoms with Gasteiger partial charge in [-0.1, -0.05) is 11.6 Å². The summed E-state index contributed by atoms with van der Waals surface area (Å²) in [6.07, 6.45) is 8.44. The summed E-state index contributed by atoms with van der Waals surface area (Å²) >= 11 is 6.10. The first-order valence-corrected chi connectivity index (χ1v) is 11.8. The third-order valence-electron chi connectivity index (χ3n) is 8.03. The summed E-state index contributed by atoms with van der Waals surface area (Å²) in [4.78, 5) is 27.2. The monoisotopic (exact) mass is 430 g/mol. The summed E-state index contributed by atoms with van der Waals surface area (Å²) in [6.45, 7) is 3.13. The Morgan fingerprint density at radius 2 is 1.83 bits per heavy atom. The summed E-state index contributed by atoms with van der Waals surface area (Å²) in [5.74, 6) is 3.20. The number of rotatable bonds is 5. The van der Waals surface area contributed by atoms with Crippen LogP contribution in [0.1, 0.15) is 58.3 Å². The quantitative estimate of drug-likeness (QED) is 0.744. The molecule has 6 rings (SSSR count). The molecule has 4 fully saturated rings. The molecule has 1 aromatic rings. The summed E-state index contributed by atoms with van der Waals surface area (Å²) in [5.41, 5.74) is 0.981. The molecule has 6 heteroatoms. The number of carbonyl (C=O) groups excluding carboxylic acids is 2. The number of nitrogens with one attached hydrogen (secondary N) is 1. The van der Waals surface area contributed by atoms with Crippen LogP contribution in [0, 0.1) is 23.2 Å². The van der Waals surface area contributed by atoms with Crippen LogP contribution >= 0.6 is 11.6 Å². The van der Waals surface area contributed by atoms with E-state index in [1.165, 1.54) is 38.5 Å². The molecule has 162 valence electrons. The molecule has 0 aromatic heterocycles. The molecular weight excluding hydrogens is 400 g/mol. The summed E-state index contributed by atoms with van der Waals surface area (Å²) in [7, 11) is 0. The molecule has 1 aliphatic heterocycles. The van der Waals surface area contributed by atoms with Crippen molar-refractivity contribution in [3.8, 4) is 5.75 Å². The maximum Gasteiger partial charge on any atom is 0.227 e. The van der Waals surface area contributed by atoms with Gasteiger partial charge in [-0.15, -0.1) is 0 Å². The van der Waals surface area contributed by atoms with Crippen LogP contribution in [0.4, 0.5) is 5.69 Å². The van der Waals surface area contributed by atoms with E-state index in [1.807, 2.05) is 0 Å². The van der Waals surface area contributed by atoms with Gasteiger partial charge in [0.1, 0.15) is 12.4 Å². The minimum atomic E-state index is -0.0561. The van der Waals surface area contributed by atoms with Gasteiger partial charge in [-0.05, 0) is 86.8 Å². The molecule has 5 aliphatic rings. The van der Waals surface area contributed by atoms with Crippen molar-refractivity contribution in [3.05, 3.63) is 23.2 Å². The Morgan fingerprint density at radius 3 is 2.50 bits per heavy atom. The highest BCUT2D eigenvalue weighted by atomic mass is 35.5. The molecule has 30 heavy (non-hydrogen) atoms. The zero-order valence-corrected chi connectivity index (χ0v) is 18.4. The number of nitrogens with zero attached hydrogens (tertiary/aromatic N) is 1. The Morgan fingerprint density at radius 1 is 1.17 bits per heavy atom. The van der Waals surface area contributed by atoms with Crippen LogP contribution in [0.15, 0.2) is 18.2 Å². The maximum atomic E-state index is 12.8. The van der Waals surface area contributed by atoms with Crippen LogP contribution in [0.25, 0.3) is 0 Å². The largest absolute Gasteiger partial charge is 0.490 e. The first kappa shape index (κ1) is 20.2. The Bertz CT molecular complexity index is 820. The summed E-state index contributed by atoms with van der Waals surface area (Å²) in [6, 6.07) is 5.49. The Labute approximate surface area is 183 Å². The van der Waals surface area contributed by atoms with E-state index in [1.54, 1.807) is 23.1 Å². The number of halogens is 1. The van der Waals surface area contributed by atoms with Crippen molar-refractivity contribution in [3.63, 3.8) is 0 Å². The first-order valence-electron chi connectivity index (χ1n) is 11.4. The van der Waals surface area contributed by atoms with Crippen LogP contribution in [-0.4, -0.2) is 31.0 Å². The number of anilines is 1. The second-order valence-corrected chi connectivity index (χ2v) is 10.5. The Balaban J connectivity index is 1.17. The van der Waals surface area contributed by atoms with Crippen molar-refractivity contribution in [2.45, 2.75) is 64.3 Å². The van der Waals surface area contributed by atoms with Crippen molar-refractivity contribution in [2.75, 3.05) is 18.1 Å². The number of fused-ring (bicyclic) bond motifs is 1. The highest BCUT2D eigenvalue weighted by molar-refractivity contribution is 6.31. The lowest BCUT2D eigenvalue weighted by Crippen LogP contribution is -2.55. The van der Waals surface area contributed by atoms with Crippen LogP contribution in [0.3, 0.4) is 0 Å². The van der Waals surface area contributed by atoms with Crippen molar-refractivity contribution >= 4 is 29.1 Å². The minimum Gasteiger partial charge on any atom is -0.490 e. The van der Waals surface area contributed by atoms with Gasteiger partial charge in [0.25, 0.3) is 0 Å². The zero-order valence-electron chi connectivity index (χ0n) is 17.7. The number of amides is 2. The fourth-order valence-electron chi connectivity index (χ4n) is 6.98. The van der Waals surface area contributed by atoms with E-state index in [0.717, 1.165) is 17.8 Å². The second kappa shape index (κ2) is 7.74. The molecule has 0 spiro atoms. The molecule has 2 amide bonds. The maximum absolute atomic E-state index is 12.8. The van der Waals surface area contributed by atoms with Crippen LogP contribution in [0.2, 0.25) is 5.02 Å². The van der Waals surface area contributed by atoms with E-state index in [2.05, 4.69) is 12.2 Å². The molecule has 4 bridgehead atoms. The van der Waals surface area contributed by atoms with Crippen molar-refractivity contribution in [2.24, 2.45) is 23.2 Å². The van der Waals surface area contributed by atoms with Gasteiger partial charge in [0.05, 0.1) is 12.2 Å². The highest BCUT2D eigenvalue weighted by Gasteiger charge is 2.53. The van der Waals surface area contributed by atoms with Gasteiger partial charge >= 0.3 is 0 Å². The predicted octanol–water partition coefficient (Wildman–Crippen LogP) is 4.57. The van der Waals surface area contributed by atoms with Crippen LogP contribution in [-0.2, 0) is 9.59 Å². The molecule has 1 heterocycles. The van der Waals surface area contributed by atoms with Crippen molar-refractivity contribution < 1.29 is 14.3 Å². The van der Waals surface area contributed by atoms with Gasteiger partial charge in [-0.3, -0.25) is 9.59 Å². The fourth-order valence-corrected chi connectivity index (χ4v) is 7.15. The zero-order chi connectivity index (χ0) is 20.9. The topological polar surface area (TPSA) is 58.6 Å². The van der Waals surface area contributed by atoms with E-state index in [9.17, 15) is 9.59 Å². The van der Waals surface area contributed by atoms with E-state index >= 15 is 0 Å². The lowest BCUT2D eigenvalue weighted by molar-refractivity contribution is -0.128. The van der Waals surface area contributed by atoms with E-state index in [4.69, 9.17) is 16.3 Å². The van der Waals surface area contributed by atoms with Crippen molar-refractivity contribution in [1.29, 1.82) is 0 Å². The van der Waals surface area contributed by atoms with E-state index in [0.29, 0.717) is 29.6 Å². The Hall–Kier alpha value is -1.75. The van der Waals surface area contributed by atoms with Crippen LogP contribution in [0.5, 0.6) is 5.75 Å². The Kier molecular flexibility index (Phi) is 5.20. The molecule has 1 atom stereocenters. The number of benzene rings is 1. The average Bonchev–Trinajstić information content (AvgIpc) is 2.70. The molecule has 1 N–H and O–H groups in total. The highest BCUT2D eigenvalue weighted by Crippen LogP contribution is 2.61. The molecule has 0 radical (unpaired) electrons. The van der Waals surface area contributed by atoms with Crippen LogP contribution < -0.4 is 15.0 Å². The number of hydrogen-bond acceptors (Lipinski definition) is 3. The minimum absolute atomic E-state index is 0.00817. The molecule has 4 aliphatic carbocycles. The third-order valence-corrected chi connectivity index (χ3v) is 8.27. The number of carbonyl (C=O) groups is 2. The van der Waals surface area contributed by atoms with Gasteiger partial charge in [0, 0.05) is 23.9 Å². The molecule has 0 saturated heterocycles. The lowest BCUT2D eigenvalue weighted by Gasteiger charge is -2.59. The third kappa shape index (κ3) is 3.70. The average molecular weight is 431 g/mol. The molecule has 1 aromatic carbocycles. The first-order chi connectivity index (χ1) is 14.4. The molecule has 0 unspecified atom stereocenters. The van der Waals surface area contributed by atoms with Gasteiger partial charge < -0.3 is 15.0 Å². The smallest absolute Gasteiger partial charge is 0.227 e. The van der Waals surface area contributed by atoms with E-state index in [-0.39, 0.29) is 36.1 Å². The van der Waals surface area contributed by atoms with Gasteiger partial charge in [-0.2, -0.15) is 0 Å². The lowest BCUT2D eigenvalue weighted by atomic mass is 9.48. The number of ether oxygens (including phenoxy) is 1. The second-order valence-electron chi connectivity index (χ2n) is 10.1. The predicted molar refractivity (Wildman–Crippen MR) is 117 cm³/mol. The van der Waals surface area contributed by atoms with Crippen molar-refractivity contribution in [1.82, 2.24) is 5.32 Å². The molecular formula is C24H31ClN2O3. The molecule has 4 saturated carbocycles. The standard InChI is InChI=1S/C24H31ClN2O3/c1-15(24-12-16-8-17(13-24)10-18(9-16)14-24)26-22(28)4-5-23(29)27-6-7-30-21-3-2-19(25)11-20(21)27/h2-3,11,15-18H,4-10,12-14H2,1H3,(H,26,28)/t15-,16?,17?,18?,24?/m0/s1. The van der Waals surface area contributed by atoms with Gasteiger partial charge in [-0.25, -0.2) is 0 Å². The SMILES string of the molecule is C[C@H](NC(=O)CCC(=O)N1CCOc2ccc(Cl)cc21)C12CC3CC(CC(C3)C1)C2.